The van der Waals surface area contributed by atoms with Crippen molar-refractivity contribution in [1.82, 2.24) is 5.32 Å². The van der Waals surface area contributed by atoms with Gasteiger partial charge >= 0.3 is 0 Å². The fraction of sp³-hybridized carbons (Fsp3) is 0.133. The van der Waals surface area contributed by atoms with Crippen LogP contribution in [-0.2, 0) is 4.79 Å². The quantitative estimate of drug-likeness (QED) is 0.835. The Labute approximate surface area is 110 Å². The van der Waals surface area contributed by atoms with Crippen molar-refractivity contribution in [1.29, 1.82) is 0 Å². The molecule has 0 radical (unpaired) electrons. The van der Waals surface area contributed by atoms with E-state index in [0.29, 0.717) is 0 Å². The Balaban J connectivity index is 1.97. The van der Waals surface area contributed by atoms with Crippen LogP contribution in [0.15, 0.2) is 59.5 Å². The molecule has 90 valence electrons. The van der Waals surface area contributed by atoms with Crippen LogP contribution in [-0.4, -0.2) is 6.29 Å². The van der Waals surface area contributed by atoms with E-state index in [1.807, 2.05) is 36.4 Å². The lowest BCUT2D eigenvalue weighted by Gasteiger charge is -2.30. The lowest BCUT2D eigenvalue weighted by molar-refractivity contribution is -0.109. The Morgan fingerprint density at radius 3 is 2.50 bits per heavy atom. The zero-order valence-electron chi connectivity index (χ0n) is 9.74. The average molecular weight is 255 g/mol. The first-order valence-corrected chi connectivity index (χ1v) is 6.78. The van der Waals surface area contributed by atoms with Crippen LogP contribution >= 0.6 is 11.8 Å². The minimum Gasteiger partial charge on any atom is -0.301 e. The van der Waals surface area contributed by atoms with E-state index in [-0.39, 0.29) is 11.4 Å². The Hall–Kier alpha value is -1.58. The molecule has 0 saturated heterocycles. The molecule has 1 N–H and O–H groups in total. The van der Waals surface area contributed by atoms with Crippen LogP contribution < -0.4 is 5.32 Å². The summed E-state index contributed by atoms with van der Waals surface area (Å²) in [5, 5.41) is 3.51. The van der Waals surface area contributed by atoms with Crippen LogP contribution in [0.1, 0.15) is 22.5 Å². The zero-order chi connectivity index (χ0) is 12.4. The molecule has 1 aliphatic heterocycles. The lowest BCUT2D eigenvalue weighted by Crippen LogP contribution is -2.29. The molecule has 1 heterocycles. The van der Waals surface area contributed by atoms with E-state index in [1.165, 1.54) is 10.5 Å². The maximum atomic E-state index is 11.2. The van der Waals surface area contributed by atoms with E-state index in [9.17, 15) is 4.79 Å². The van der Waals surface area contributed by atoms with Gasteiger partial charge in [-0.2, -0.15) is 0 Å². The molecule has 1 aliphatic rings. The van der Waals surface area contributed by atoms with Gasteiger partial charge in [0.05, 0.1) is 11.4 Å². The molecule has 18 heavy (non-hydrogen) atoms. The van der Waals surface area contributed by atoms with Gasteiger partial charge < -0.3 is 4.79 Å². The summed E-state index contributed by atoms with van der Waals surface area (Å²) in [5.41, 5.74) is 2.27. The second kappa shape index (κ2) is 4.96. The van der Waals surface area contributed by atoms with Gasteiger partial charge in [0.15, 0.2) is 0 Å². The maximum Gasteiger partial charge on any atom is 0.141 e. The van der Waals surface area contributed by atoms with Crippen LogP contribution in [0.4, 0.5) is 0 Å². The van der Waals surface area contributed by atoms with Crippen molar-refractivity contribution >= 4 is 18.0 Å². The predicted molar refractivity (Wildman–Crippen MR) is 73.4 cm³/mol. The first-order chi connectivity index (χ1) is 8.88. The van der Waals surface area contributed by atoms with Crippen molar-refractivity contribution in [3.8, 4) is 0 Å². The van der Waals surface area contributed by atoms with E-state index < -0.39 is 0 Å². The Bertz CT molecular complexity index is 555. The Kier molecular flexibility index (Phi) is 3.17. The van der Waals surface area contributed by atoms with Crippen molar-refractivity contribution in [2.45, 2.75) is 16.3 Å². The summed E-state index contributed by atoms with van der Waals surface area (Å²) >= 11 is 1.76. The van der Waals surface area contributed by atoms with E-state index in [1.54, 1.807) is 11.8 Å². The summed E-state index contributed by atoms with van der Waals surface area (Å²) in [6, 6.07) is 18.1. The first-order valence-electron chi connectivity index (χ1n) is 5.90. The molecule has 2 aromatic carbocycles. The normalized spacial score (nSPS) is 22.2. The summed E-state index contributed by atoms with van der Waals surface area (Å²) in [5.74, 6) is 0. The molecule has 3 heteroatoms. The Morgan fingerprint density at radius 1 is 1.00 bits per heavy atom. The van der Waals surface area contributed by atoms with E-state index in [2.05, 4.69) is 23.5 Å². The van der Waals surface area contributed by atoms with Gasteiger partial charge in [-0.25, -0.2) is 0 Å². The Morgan fingerprint density at radius 2 is 1.72 bits per heavy atom. The van der Waals surface area contributed by atoms with E-state index in [0.717, 1.165) is 11.8 Å². The predicted octanol–water partition coefficient (Wildman–Crippen LogP) is 3.32. The molecule has 0 spiro atoms. The first kappa shape index (κ1) is 11.5. The van der Waals surface area contributed by atoms with Crippen molar-refractivity contribution in [2.75, 3.05) is 0 Å². The number of hydrogen-bond acceptors (Lipinski definition) is 3. The van der Waals surface area contributed by atoms with Crippen molar-refractivity contribution in [3.63, 3.8) is 0 Å². The highest BCUT2D eigenvalue weighted by Crippen LogP contribution is 2.42. The second-order valence-corrected chi connectivity index (χ2v) is 5.37. The largest absolute Gasteiger partial charge is 0.301 e. The fourth-order valence-electron chi connectivity index (χ4n) is 2.16. The van der Waals surface area contributed by atoms with Crippen molar-refractivity contribution in [3.05, 3.63) is 65.7 Å². The third-order valence-corrected chi connectivity index (χ3v) is 4.34. The van der Waals surface area contributed by atoms with Gasteiger partial charge in [-0.3, -0.25) is 5.32 Å². The van der Waals surface area contributed by atoms with Gasteiger partial charge in [0, 0.05) is 4.90 Å². The minimum absolute atomic E-state index is 0.135. The van der Waals surface area contributed by atoms with E-state index >= 15 is 0 Å². The number of aldehydes is 1. The van der Waals surface area contributed by atoms with Crippen molar-refractivity contribution in [2.24, 2.45) is 0 Å². The van der Waals surface area contributed by atoms with Gasteiger partial charge in [-0.15, -0.1) is 11.8 Å². The fourth-order valence-corrected chi connectivity index (χ4v) is 3.41. The van der Waals surface area contributed by atoms with Crippen LogP contribution in [0.25, 0.3) is 0 Å². The zero-order valence-corrected chi connectivity index (χ0v) is 10.6. The number of fused-ring (bicyclic) bond motifs is 1. The topological polar surface area (TPSA) is 29.1 Å². The van der Waals surface area contributed by atoms with Gasteiger partial charge in [0.25, 0.3) is 0 Å². The number of benzene rings is 2. The van der Waals surface area contributed by atoms with Crippen LogP contribution in [0.5, 0.6) is 0 Å². The molecule has 0 amide bonds. The van der Waals surface area contributed by atoms with Crippen molar-refractivity contribution < 1.29 is 4.79 Å². The molecule has 2 aromatic rings. The molecule has 0 saturated carbocycles. The van der Waals surface area contributed by atoms with Gasteiger partial charge in [-0.1, -0.05) is 48.5 Å². The van der Waals surface area contributed by atoms with Crippen LogP contribution in [0.2, 0.25) is 0 Å². The number of thioether (sulfide) groups is 1. The van der Waals surface area contributed by atoms with Gasteiger partial charge in [0.1, 0.15) is 6.29 Å². The number of rotatable bonds is 2. The standard InChI is InChI=1S/C15H13NOS/c17-10-13-12-8-4-5-9-14(12)18-15(16-13)11-6-2-1-3-7-11/h1-10,13,15-16H. The highest BCUT2D eigenvalue weighted by atomic mass is 32.2. The molecule has 3 rings (SSSR count). The van der Waals surface area contributed by atoms with Crippen LogP contribution in [0.3, 0.4) is 0 Å². The number of nitrogens with one attached hydrogen (secondary N) is 1. The van der Waals surface area contributed by atoms with E-state index in [4.69, 9.17) is 0 Å². The minimum atomic E-state index is -0.215. The van der Waals surface area contributed by atoms with Gasteiger partial charge in [0.2, 0.25) is 0 Å². The monoisotopic (exact) mass is 255 g/mol. The summed E-state index contributed by atoms with van der Waals surface area (Å²) in [7, 11) is 0. The SMILES string of the molecule is O=CC1NC(c2ccccc2)Sc2ccccc21. The maximum absolute atomic E-state index is 11.2. The molecule has 0 fully saturated rings. The molecular weight excluding hydrogens is 242 g/mol. The molecule has 2 nitrogen and oxygen atoms in total. The lowest BCUT2D eigenvalue weighted by atomic mass is 10.1. The molecule has 0 aromatic heterocycles. The van der Waals surface area contributed by atoms with Gasteiger partial charge in [-0.05, 0) is 17.2 Å². The smallest absolute Gasteiger partial charge is 0.141 e. The summed E-state index contributed by atoms with van der Waals surface area (Å²) in [6.07, 6.45) is 0.981. The third-order valence-electron chi connectivity index (χ3n) is 3.07. The molecule has 0 bridgehead atoms. The average Bonchev–Trinajstić information content (AvgIpc) is 2.47. The molecule has 2 atom stereocenters. The number of carbonyl (C=O) groups is 1. The summed E-state index contributed by atoms with van der Waals surface area (Å²) < 4.78 is 0. The number of carbonyl (C=O) groups excluding carboxylic acids is 1. The summed E-state index contributed by atoms with van der Waals surface area (Å²) in [6.45, 7) is 0. The second-order valence-electron chi connectivity index (χ2n) is 4.23. The summed E-state index contributed by atoms with van der Waals surface area (Å²) in [4.78, 5) is 12.4. The molecule has 0 aliphatic carbocycles. The highest BCUT2D eigenvalue weighted by Gasteiger charge is 2.26. The third kappa shape index (κ3) is 2.07. The highest BCUT2D eigenvalue weighted by molar-refractivity contribution is 7.99. The number of hydrogen-bond donors (Lipinski definition) is 1. The van der Waals surface area contributed by atoms with Crippen LogP contribution in [0, 0.1) is 0 Å². The molecule has 2 unspecified atom stereocenters. The molecular formula is C15H13NOS.